The molecule has 3 N–H and O–H groups in total. The van der Waals surface area contributed by atoms with Crippen molar-refractivity contribution in [2.75, 3.05) is 7.05 Å². The number of nitrogens with one attached hydrogen (secondary N) is 3. The number of amides is 3. The lowest BCUT2D eigenvalue weighted by Gasteiger charge is -2.20. The number of carbonyl (C=O) groups excluding carboxylic acids is 4. The second-order valence-electron chi connectivity index (χ2n) is 6.24. The Hall–Kier alpha value is -3.74. The first-order chi connectivity index (χ1) is 14.0. The molecular formula is C22H23N3O4. The van der Waals surface area contributed by atoms with Crippen LogP contribution in [0.25, 0.3) is 6.08 Å². The van der Waals surface area contributed by atoms with E-state index in [4.69, 9.17) is 0 Å². The summed E-state index contributed by atoms with van der Waals surface area (Å²) in [6.07, 6.45) is 3.50. The van der Waals surface area contributed by atoms with E-state index in [0.717, 1.165) is 11.1 Å². The van der Waals surface area contributed by atoms with Crippen LogP contribution in [-0.2, 0) is 25.6 Å². The molecule has 0 saturated carbocycles. The molecule has 2 atom stereocenters. The molecule has 0 fully saturated rings. The molecule has 0 aromatic heterocycles. The van der Waals surface area contributed by atoms with E-state index in [1.54, 1.807) is 6.08 Å². The summed E-state index contributed by atoms with van der Waals surface area (Å²) in [5, 5.41) is 7.50. The Kier molecular flexibility index (Phi) is 8.31. The minimum absolute atomic E-state index is 0.0941. The van der Waals surface area contributed by atoms with Crippen molar-refractivity contribution in [3.05, 3.63) is 77.9 Å². The second-order valence-corrected chi connectivity index (χ2v) is 6.24. The second kappa shape index (κ2) is 11.2. The lowest BCUT2D eigenvalue weighted by Crippen LogP contribution is -2.53. The smallest absolute Gasteiger partial charge is 0.284 e. The Bertz CT molecular complexity index is 866. The van der Waals surface area contributed by atoms with Crippen molar-refractivity contribution in [2.45, 2.75) is 18.5 Å². The van der Waals surface area contributed by atoms with Gasteiger partial charge in [0.05, 0.1) is 0 Å². The molecule has 3 amide bonds. The van der Waals surface area contributed by atoms with Crippen LogP contribution in [0.15, 0.2) is 66.7 Å². The third-order valence-electron chi connectivity index (χ3n) is 4.13. The van der Waals surface area contributed by atoms with Crippen LogP contribution in [0.1, 0.15) is 11.1 Å². The molecule has 0 spiro atoms. The van der Waals surface area contributed by atoms with Gasteiger partial charge in [-0.1, -0.05) is 72.8 Å². The Morgan fingerprint density at radius 2 is 1.52 bits per heavy atom. The summed E-state index contributed by atoms with van der Waals surface area (Å²) in [6.45, 7) is 0. The summed E-state index contributed by atoms with van der Waals surface area (Å²) in [7, 11) is 1.48. The average Bonchev–Trinajstić information content (AvgIpc) is 2.76. The van der Waals surface area contributed by atoms with Crippen molar-refractivity contribution in [2.24, 2.45) is 0 Å². The van der Waals surface area contributed by atoms with Gasteiger partial charge in [-0.3, -0.25) is 19.2 Å². The first-order valence-electron chi connectivity index (χ1n) is 9.08. The Morgan fingerprint density at radius 1 is 0.897 bits per heavy atom. The highest BCUT2D eigenvalue weighted by Crippen LogP contribution is 2.06. The van der Waals surface area contributed by atoms with Crippen molar-refractivity contribution in [1.29, 1.82) is 0 Å². The zero-order valence-electron chi connectivity index (χ0n) is 16.0. The van der Waals surface area contributed by atoms with Crippen LogP contribution in [0, 0.1) is 0 Å². The predicted molar refractivity (Wildman–Crippen MR) is 110 cm³/mol. The highest BCUT2D eigenvalue weighted by Gasteiger charge is 2.25. The molecule has 7 heteroatoms. The summed E-state index contributed by atoms with van der Waals surface area (Å²) in [4.78, 5) is 47.3. The number of likely N-dealkylation sites (N-methyl/N-ethyl adjacent to an activating group) is 1. The van der Waals surface area contributed by atoms with Gasteiger partial charge >= 0.3 is 0 Å². The molecule has 0 aliphatic carbocycles. The quantitative estimate of drug-likeness (QED) is 0.434. The third kappa shape index (κ3) is 7.06. The van der Waals surface area contributed by atoms with Gasteiger partial charge in [-0.15, -0.1) is 0 Å². The van der Waals surface area contributed by atoms with Crippen LogP contribution in [0.4, 0.5) is 0 Å². The van der Waals surface area contributed by atoms with Gasteiger partial charge in [-0.05, 0) is 11.1 Å². The molecule has 29 heavy (non-hydrogen) atoms. The largest absolute Gasteiger partial charge is 0.357 e. The van der Waals surface area contributed by atoms with Gasteiger partial charge in [-0.25, -0.2) is 0 Å². The Balaban J connectivity index is 2.17. The molecular weight excluding hydrogens is 370 g/mol. The molecule has 1 unspecified atom stereocenters. The van der Waals surface area contributed by atoms with E-state index in [9.17, 15) is 19.2 Å². The van der Waals surface area contributed by atoms with Crippen LogP contribution >= 0.6 is 0 Å². The van der Waals surface area contributed by atoms with Crippen molar-refractivity contribution in [3.8, 4) is 0 Å². The van der Waals surface area contributed by atoms with E-state index >= 15 is 0 Å². The number of rotatable bonds is 9. The molecule has 2 rings (SSSR count). The van der Waals surface area contributed by atoms with Crippen molar-refractivity contribution >= 4 is 30.1 Å². The average molecular weight is 393 g/mol. The molecule has 2 aromatic rings. The van der Waals surface area contributed by atoms with Gasteiger partial charge in [0, 0.05) is 13.5 Å². The summed E-state index contributed by atoms with van der Waals surface area (Å²) in [5.41, 5.74) is 1.69. The van der Waals surface area contributed by atoms with Crippen molar-refractivity contribution < 1.29 is 19.2 Å². The van der Waals surface area contributed by atoms with Gasteiger partial charge in [-0.2, -0.15) is 0 Å². The zero-order chi connectivity index (χ0) is 21.1. The molecule has 0 saturated heterocycles. The first-order valence-corrected chi connectivity index (χ1v) is 9.08. The zero-order valence-corrected chi connectivity index (χ0v) is 16.0. The molecule has 150 valence electrons. The molecule has 2 aromatic carbocycles. The molecule has 0 aliphatic rings. The normalized spacial score (nSPS) is 12.6. The lowest BCUT2D eigenvalue weighted by atomic mass is 10.0. The van der Waals surface area contributed by atoms with E-state index in [1.807, 2.05) is 60.7 Å². The first kappa shape index (κ1) is 21.6. The van der Waals surface area contributed by atoms with Crippen LogP contribution in [0.3, 0.4) is 0 Å². The Labute approximate surface area is 169 Å². The number of hydrogen-bond acceptors (Lipinski definition) is 4. The fourth-order valence-electron chi connectivity index (χ4n) is 2.65. The minimum atomic E-state index is -1.11. The van der Waals surface area contributed by atoms with Crippen molar-refractivity contribution in [3.63, 3.8) is 0 Å². The van der Waals surface area contributed by atoms with Gasteiger partial charge in [0.2, 0.25) is 18.1 Å². The number of aldehydes is 1. The fraction of sp³-hybridized carbons (Fsp3) is 0.182. The highest BCUT2D eigenvalue weighted by molar-refractivity contribution is 6.24. The number of hydrogen-bond donors (Lipinski definition) is 3. The minimum Gasteiger partial charge on any atom is -0.357 e. The van der Waals surface area contributed by atoms with E-state index in [0.29, 0.717) is 0 Å². The molecule has 0 heterocycles. The van der Waals surface area contributed by atoms with Crippen LogP contribution in [0.5, 0.6) is 0 Å². The molecule has 7 nitrogen and oxygen atoms in total. The maximum absolute atomic E-state index is 12.8. The standard InChI is InChI=1S/C22H23N3O4/c1-23-21(28)19(14-17-10-6-3-7-11-17)25-22(29)18(24-20(27)15-26)13-12-16-8-4-2-5-9-16/h2-13,15,18-19H,14H2,1H3,(H,23,28)(H,24,27)(H,25,29)/b13-12+/t18?,19-/m0/s1. The van der Waals surface area contributed by atoms with E-state index in [-0.39, 0.29) is 18.6 Å². The van der Waals surface area contributed by atoms with Crippen LogP contribution in [0.2, 0.25) is 0 Å². The van der Waals surface area contributed by atoms with Crippen LogP contribution in [-0.4, -0.2) is 43.1 Å². The SMILES string of the molecule is CNC(=O)[C@H](Cc1ccccc1)NC(=O)C(/C=C/c1ccccc1)NC(=O)C=O. The van der Waals surface area contributed by atoms with Gasteiger partial charge in [0.25, 0.3) is 5.91 Å². The lowest BCUT2D eigenvalue weighted by molar-refractivity contribution is -0.134. The van der Waals surface area contributed by atoms with Crippen LogP contribution < -0.4 is 16.0 Å². The van der Waals surface area contributed by atoms with Gasteiger partial charge < -0.3 is 16.0 Å². The summed E-state index contributed by atoms with van der Waals surface area (Å²) >= 11 is 0. The summed E-state index contributed by atoms with van der Waals surface area (Å²) < 4.78 is 0. The molecule has 0 bridgehead atoms. The molecule has 0 radical (unpaired) electrons. The Morgan fingerprint density at radius 3 is 2.10 bits per heavy atom. The summed E-state index contributed by atoms with van der Waals surface area (Å²) in [6, 6.07) is 16.5. The highest BCUT2D eigenvalue weighted by atomic mass is 16.2. The van der Waals surface area contributed by atoms with E-state index in [1.165, 1.54) is 13.1 Å². The monoisotopic (exact) mass is 393 g/mol. The summed E-state index contributed by atoms with van der Waals surface area (Å²) in [5.74, 6) is -1.89. The number of benzene rings is 2. The van der Waals surface area contributed by atoms with E-state index < -0.39 is 23.9 Å². The maximum Gasteiger partial charge on any atom is 0.284 e. The van der Waals surface area contributed by atoms with Gasteiger partial charge in [0.1, 0.15) is 12.1 Å². The number of carbonyl (C=O) groups is 4. The third-order valence-corrected chi connectivity index (χ3v) is 4.13. The van der Waals surface area contributed by atoms with Gasteiger partial charge in [0.15, 0.2) is 0 Å². The molecule has 0 aliphatic heterocycles. The van der Waals surface area contributed by atoms with E-state index in [2.05, 4.69) is 16.0 Å². The topological polar surface area (TPSA) is 104 Å². The fourth-order valence-corrected chi connectivity index (χ4v) is 2.65. The van der Waals surface area contributed by atoms with Crippen molar-refractivity contribution in [1.82, 2.24) is 16.0 Å². The maximum atomic E-state index is 12.8. The predicted octanol–water partition coefficient (Wildman–Crippen LogP) is 0.857.